The average molecular weight is 295 g/mol. The second kappa shape index (κ2) is 4.93. The third kappa shape index (κ3) is 3.07. The third-order valence-electron chi connectivity index (χ3n) is 4.04. The number of nitrogens with two attached hydrogens (primary N) is 2. The van der Waals surface area contributed by atoms with Crippen LogP contribution in [0.2, 0.25) is 0 Å². The third-order valence-corrected chi connectivity index (χ3v) is 5.01. The number of hydrogen-bond acceptors (Lipinski definition) is 4. The Morgan fingerprint density at radius 3 is 2.10 bits per heavy atom. The fourth-order valence-electron chi connectivity index (χ4n) is 2.55. The molecule has 2 fully saturated rings. The largest absolute Gasteiger partial charge is 0.396 e. The molecular weight excluding hydrogens is 274 g/mol. The summed E-state index contributed by atoms with van der Waals surface area (Å²) in [5, 5.41) is 5.23. The van der Waals surface area contributed by atoms with E-state index in [4.69, 9.17) is 10.9 Å². The summed E-state index contributed by atoms with van der Waals surface area (Å²) in [4.78, 5) is 2.28. The van der Waals surface area contributed by atoms with Gasteiger partial charge in [0.15, 0.2) is 0 Å². The second-order valence-electron chi connectivity index (χ2n) is 6.03. The Morgan fingerprint density at radius 1 is 1.10 bits per heavy atom. The van der Waals surface area contributed by atoms with Crippen LogP contribution in [0.25, 0.3) is 0 Å². The first kappa shape index (κ1) is 13.7. The lowest BCUT2D eigenvalue weighted by atomic mass is 10.2. The molecule has 110 valence electrons. The number of rotatable bonds is 6. The number of hydrogen-bond donors (Lipinski definition) is 2. The van der Waals surface area contributed by atoms with Crippen LogP contribution in [0.15, 0.2) is 23.1 Å². The molecule has 2 aliphatic rings. The minimum Gasteiger partial charge on any atom is -0.396 e. The summed E-state index contributed by atoms with van der Waals surface area (Å²) in [7, 11) is -3.77. The highest BCUT2D eigenvalue weighted by atomic mass is 32.2. The van der Waals surface area contributed by atoms with E-state index in [1.807, 2.05) is 6.07 Å². The van der Waals surface area contributed by atoms with Gasteiger partial charge in [-0.05, 0) is 49.7 Å². The first-order chi connectivity index (χ1) is 9.45. The van der Waals surface area contributed by atoms with Crippen LogP contribution in [0.4, 0.5) is 11.4 Å². The molecule has 0 amide bonds. The van der Waals surface area contributed by atoms with Crippen LogP contribution in [0.1, 0.15) is 25.7 Å². The molecule has 0 aromatic heterocycles. The van der Waals surface area contributed by atoms with Crippen LogP contribution in [-0.4, -0.2) is 21.5 Å². The predicted molar refractivity (Wildman–Crippen MR) is 79.9 cm³/mol. The molecule has 0 bridgehead atoms. The molecule has 20 heavy (non-hydrogen) atoms. The molecule has 1 aromatic carbocycles. The average Bonchev–Trinajstić information content (AvgIpc) is 3.22. The summed E-state index contributed by atoms with van der Waals surface area (Å²) < 4.78 is 23.2. The van der Waals surface area contributed by atoms with Gasteiger partial charge in [-0.15, -0.1) is 0 Å². The lowest BCUT2D eigenvalue weighted by Gasteiger charge is -2.27. The van der Waals surface area contributed by atoms with E-state index < -0.39 is 10.0 Å². The normalized spacial score (nSPS) is 19.1. The number of nitrogens with zero attached hydrogens (tertiary/aromatic N) is 1. The van der Waals surface area contributed by atoms with Crippen LogP contribution in [0, 0.1) is 11.8 Å². The molecule has 1 aromatic rings. The number of para-hydroxylation sites is 1. The summed E-state index contributed by atoms with van der Waals surface area (Å²) in [6.07, 6.45) is 5.04. The van der Waals surface area contributed by atoms with E-state index in [9.17, 15) is 8.42 Å². The van der Waals surface area contributed by atoms with Crippen molar-refractivity contribution in [2.24, 2.45) is 17.0 Å². The highest BCUT2D eigenvalue weighted by Crippen LogP contribution is 2.38. The van der Waals surface area contributed by atoms with E-state index in [1.54, 1.807) is 6.07 Å². The molecule has 2 aliphatic carbocycles. The van der Waals surface area contributed by atoms with Gasteiger partial charge in [-0.25, -0.2) is 13.6 Å². The molecule has 0 spiro atoms. The molecule has 3 rings (SSSR count). The van der Waals surface area contributed by atoms with Gasteiger partial charge in [0.2, 0.25) is 10.0 Å². The van der Waals surface area contributed by atoms with Gasteiger partial charge in [0.25, 0.3) is 0 Å². The highest BCUT2D eigenvalue weighted by Gasteiger charge is 2.30. The maximum absolute atomic E-state index is 11.6. The van der Waals surface area contributed by atoms with Crippen molar-refractivity contribution < 1.29 is 8.42 Å². The molecule has 0 aliphatic heterocycles. The number of anilines is 2. The zero-order valence-corrected chi connectivity index (χ0v) is 12.3. The second-order valence-corrected chi connectivity index (χ2v) is 7.56. The molecule has 0 heterocycles. The van der Waals surface area contributed by atoms with Crippen LogP contribution in [-0.2, 0) is 10.0 Å². The summed E-state index contributed by atoms with van der Waals surface area (Å²) in [6.45, 7) is 1.93. The van der Waals surface area contributed by atoms with Crippen molar-refractivity contribution in [3.8, 4) is 0 Å². The first-order valence-corrected chi connectivity index (χ1v) is 8.66. The van der Waals surface area contributed by atoms with Gasteiger partial charge in [0, 0.05) is 13.1 Å². The number of benzene rings is 1. The van der Waals surface area contributed by atoms with Crippen molar-refractivity contribution in [1.29, 1.82) is 0 Å². The molecule has 4 N–H and O–H groups in total. The van der Waals surface area contributed by atoms with Gasteiger partial charge in [0.05, 0.1) is 11.4 Å². The summed E-state index contributed by atoms with van der Waals surface area (Å²) >= 11 is 0. The van der Waals surface area contributed by atoms with Crippen LogP contribution in [0.3, 0.4) is 0 Å². The van der Waals surface area contributed by atoms with Gasteiger partial charge in [0.1, 0.15) is 4.90 Å². The SMILES string of the molecule is Nc1c(N(CC2CC2)CC2CC2)cccc1S(N)(=O)=O. The van der Waals surface area contributed by atoms with Crippen molar-refractivity contribution >= 4 is 21.4 Å². The Hall–Kier alpha value is -1.27. The fourth-order valence-corrected chi connectivity index (χ4v) is 3.23. The van der Waals surface area contributed by atoms with E-state index in [2.05, 4.69) is 4.90 Å². The van der Waals surface area contributed by atoms with E-state index in [0.29, 0.717) is 0 Å². The van der Waals surface area contributed by atoms with Crippen molar-refractivity contribution in [1.82, 2.24) is 0 Å². The fraction of sp³-hybridized carbons (Fsp3) is 0.571. The Balaban J connectivity index is 1.92. The van der Waals surface area contributed by atoms with Crippen LogP contribution < -0.4 is 15.8 Å². The van der Waals surface area contributed by atoms with Crippen molar-refractivity contribution in [3.05, 3.63) is 18.2 Å². The van der Waals surface area contributed by atoms with Gasteiger partial charge in [-0.3, -0.25) is 0 Å². The minimum absolute atomic E-state index is 0.0339. The van der Waals surface area contributed by atoms with Gasteiger partial charge >= 0.3 is 0 Å². The molecule has 6 heteroatoms. The van der Waals surface area contributed by atoms with Crippen LogP contribution >= 0.6 is 0 Å². The number of sulfonamides is 1. The molecule has 0 unspecified atom stereocenters. The quantitative estimate of drug-likeness (QED) is 0.779. The highest BCUT2D eigenvalue weighted by molar-refractivity contribution is 7.89. The van der Waals surface area contributed by atoms with Gasteiger partial charge in [-0.2, -0.15) is 0 Å². The van der Waals surface area contributed by atoms with Crippen molar-refractivity contribution in [3.63, 3.8) is 0 Å². The predicted octanol–water partition coefficient (Wildman–Crippen LogP) is 1.54. The van der Waals surface area contributed by atoms with Crippen LogP contribution in [0.5, 0.6) is 0 Å². The summed E-state index contributed by atoms with van der Waals surface area (Å²) in [5.74, 6) is 1.46. The van der Waals surface area contributed by atoms with E-state index in [-0.39, 0.29) is 10.6 Å². The lowest BCUT2D eigenvalue weighted by Crippen LogP contribution is -2.29. The number of primary sulfonamides is 1. The topological polar surface area (TPSA) is 89.4 Å². The molecule has 0 saturated heterocycles. The molecule has 0 atom stereocenters. The maximum atomic E-state index is 11.6. The maximum Gasteiger partial charge on any atom is 0.240 e. The Kier molecular flexibility index (Phi) is 3.38. The number of nitrogen functional groups attached to an aromatic ring is 1. The van der Waals surface area contributed by atoms with Gasteiger partial charge in [-0.1, -0.05) is 6.07 Å². The minimum atomic E-state index is -3.77. The molecule has 5 nitrogen and oxygen atoms in total. The molecular formula is C14H21N3O2S. The monoisotopic (exact) mass is 295 g/mol. The van der Waals surface area contributed by atoms with E-state index in [0.717, 1.165) is 30.6 Å². The van der Waals surface area contributed by atoms with E-state index >= 15 is 0 Å². The van der Waals surface area contributed by atoms with Crippen molar-refractivity contribution in [2.75, 3.05) is 23.7 Å². The summed E-state index contributed by atoms with van der Waals surface area (Å²) in [6, 6.07) is 5.09. The lowest BCUT2D eigenvalue weighted by molar-refractivity contribution is 0.598. The Labute approximate surface area is 120 Å². The van der Waals surface area contributed by atoms with E-state index in [1.165, 1.54) is 31.7 Å². The summed E-state index contributed by atoms with van der Waals surface area (Å²) in [5.41, 5.74) is 7.17. The zero-order valence-electron chi connectivity index (χ0n) is 11.5. The standard InChI is InChI=1S/C14H21N3O2S/c15-14-12(2-1-3-13(14)20(16,18)19)17(8-10-4-5-10)9-11-6-7-11/h1-3,10-11H,4-9,15H2,(H2,16,18,19). The Bertz CT molecular complexity index is 593. The smallest absolute Gasteiger partial charge is 0.240 e. The van der Waals surface area contributed by atoms with Crippen molar-refractivity contribution in [2.45, 2.75) is 30.6 Å². The molecule has 0 radical (unpaired) electrons. The first-order valence-electron chi connectivity index (χ1n) is 7.11. The Morgan fingerprint density at radius 2 is 1.65 bits per heavy atom. The van der Waals surface area contributed by atoms with Gasteiger partial charge < -0.3 is 10.6 Å². The molecule has 2 saturated carbocycles. The zero-order chi connectivity index (χ0) is 14.3.